The molecule has 15 heavy (non-hydrogen) atoms. The smallest absolute Gasteiger partial charge is 0.0620 e. The van der Waals surface area contributed by atoms with Gasteiger partial charge in [-0.1, -0.05) is 19.8 Å². The average Bonchev–Trinajstić information content (AvgIpc) is 2.74. The summed E-state index contributed by atoms with van der Waals surface area (Å²) in [5, 5.41) is 4.66. The van der Waals surface area contributed by atoms with Crippen LogP contribution in [-0.2, 0) is 4.74 Å². The van der Waals surface area contributed by atoms with E-state index in [1.54, 1.807) is 0 Å². The van der Waals surface area contributed by atoms with Gasteiger partial charge < -0.3 is 10.1 Å². The number of ether oxygens (including phenoxy) is 1. The number of thioether (sulfide) groups is 1. The van der Waals surface area contributed by atoms with Gasteiger partial charge in [-0.2, -0.15) is 11.8 Å². The summed E-state index contributed by atoms with van der Waals surface area (Å²) in [7, 11) is 0. The fourth-order valence-electron chi connectivity index (χ4n) is 2.67. The van der Waals surface area contributed by atoms with Gasteiger partial charge in [-0.15, -0.1) is 0 Å². The van der Waals surface area contributed by atoms with E-state index in [4.69, 9.17) is 4.74 Å². The molecule has 2 fully saturated rings. The molecular weight excluding hydrogens is 206 g/mol. The van der Waals surface area contributed by atoms with Crippen molar-refractivity contribution in [2.75, 3.05) is 19.0 Å². The molecule has 0 bridgehead atoms. The molecule has 1 heterocycles. The molecule has 0 radical (unpaired) electrons. The number of hydrogen-bond donors (Lipinski definition) is 1. The number of hydrogen-bond acceptors (Lipinski definition) is 3. The minimum Gasteiger partial charge on any atom is -0.380 e. The molecule has 0 aromatic carbocycles. The van der Waals surface area contributed by atoms with Crippen LogP contribution in [0.1, 0.15) is 39.0 Å². The van der Waals surface area contributed by atoms with Gasteiger partial charge in [-0.3, -0.25) is 0 Å². The predicted molar refractivity (Wildman–Crippen MR) is 66.5 cm³/mol. The van der Waals surface area contributed by atoms with Crippen LogP contribution in [-0.4, -0.2) is 36.3 Å². The molecule has 1 aliphatic heterocycles. The van der Waals surface area contributed by atoms with Gasteiger partial charge in [0.2, 0.25) is 0 Å². The highest BCUT2D eigenvalue weighted by Gasteiger charge is 2.28. The van der Waals surface area contributed by atoms with Crippen molar-refractivity contribution in [3.8, 4) is 0 Å². The molecule has 1 N–H and O–H groups in total. The van der Waals surface area contributed by atoms with Crippen molar-refractivity contribution in [1.82, 2.24) is 5.32 Å². The molecule has 0 aromatic rings. The number of rotatable bonds is 4. The summed E-state index contributed by atoms with van der Waals surface area (Å²) in [4.78, 5) is 0. The first-order chi connectivity index (χ1) is 7.40. The fourth-order valence-corrected chi connectivity index (χ4v) is 3.88. The van der Waals surface area contributed by atoms with Gasteiger partial charge in [0, 0.05) is 23.9 Å². The van der Waals surface area contributed by atoms with Crippen molar-refractivity contribution in [1.29, 1.82) is 0 Å². The Morgan fingerprint density at radius 1 is 1.27 bits per heavy atom. The molecule has 0 aromatic heterocycles. The summed E-state index contributed by atoms with van der Waals surface area (Å²) in [6.07, 6.45) is 6.82. The lowest BCUT2D eigenvalue weighted by molar-refractivity contribution is 0.186. The highest BCUT2D eigenvalue weighted by atomic mass is 32.2. The minimum atomic E-state index is 0.632. The first-order valence-electron chi connectivity index (χ1n) is 6.35. The molecule has 2 aliphatic rings. The second-order valence-electron chi connectivity index (χ2n) is 4.61. The van der Waals surface area contributed by atoms with Gasteiger partial charge in [0.25, 0.3) is 0 Å². The van der Waals surface area contributed by atoms with Crippen LogP contribution in [0.3, 0.4) is 0 Å². The fraction of sp³-hybridized carbons (Fsp3) is 1.00. The second-order valence-corrected chi connectivity index (χ2v) is 6.13. The highest BCUT2D eigenvalue weighted by Crippen LogP contribution is 2.29. The third-order valence-corrected chi connectivity index (χ3v) is 4.79. The van der Waals surface area contributed by atoms with Crippen molar-refractivity contribution in [2.24, 2.45) is 0 Å². The molecule has 3 atom stereocenters. The van der Waals surface area contributed by atoms with E-state index in [1.165, 1.54) is 37.9 Å². The van der Waals surface area contributed by atoms with Crippen LogP contribution in [0.25, 0.3) is 0 Å². The standard InChI is InChI=1S/C12H23NOS/c1-2-15-12-6-4-3-5-11(12)13-10-7-8-14-9-10/h10-13H,2-9H2,1H3. The molecule has 1 saturated carbocycles. The summed E-state index contributed by atoms with van der Waals surface area (Å²) in [6.45, 7) is 4.16. The van der Waals surface area contributed by atoms with E-state index in [0.29, 0.717) is 6.04 Å². The molecular formula is C12H23NOS. The molecule has 2 nitrogen and oxygen atoms in total. The summed E-state index contributed by atoms with van der Waals surface area (Å²) in [5.41, 5.74) is 0. The largest absolute Gasteiger partial charge is 0.380 e. The first kappa shape index (κ1) is 11.7. The summed E-state index contributed by atoms with van der Waals surface area (Å²) < 4.78 is 5.42. The Morgan fingerprint density at radius 2 is 2.13 bits per heavy atom. The van der Waals surface area contributed by atoms with Crippen LogP contribution in [0.4, 0.5) is 0 Å². The van der Waals surface area contributed by atoms with Crippen LogP contribution < -0.4 is 5.32 Å². The molecule has 3 heteroatoms. The molecule has 0 amide bonds. The van der Waals surface area contributed by atoms with Gasteiger partial charge in [-0.05, 0) is 25.0 Å². The lowest BCUT2D eigenvalue weighted by atomic mass is 9.94. The van der Waals surface area contributed by atoms with Crippen molar-refractivity contribution in [2.45, 2.75) is 56.4 Å². The van der Waals surface area contributed by atoms with E-state index < -0.39 is 0 Å². The van der Waals surface area contributed by atoms with Gasteiger partial charge >= 0.3 is 0 Å². The zero-order valence-corrected chi connectivity index (χ0v) is 10.5. The maximum Gasteiger partial charge on any atom is 0.0620 e. The average molecular weight is 229 g/mol. The van der Waals surface area contributed by atoms with E-state index in [-0.39, 0.29) is 0 Å². The Bertz CT molecular complexity index is 180. The maximum atomic E-state index is 5.42. The zero-order chi connectivity index (χ0) is 10.5. The van der Waals surface area contributed by atoms with E-state index >= 15 is 0 Å². The van der Waals surface area contributed by atoms with Crippen molar-refractivity contribution in [3.63, 3.8) is 0 Å². The van der Waals surface area contributed by atoms with Gasteiger partial charge in [0.05, 0.1) is 6.61 Å². The molecule has 88 valence electrons. The van der Waals surface area contributed by atoms with Crippen LogP contribution >= 0.6 is 11.8 Å². The maximum absolute atomic E-state index is 5.42. The first-order valence-corrected chi connectivity index (χ1v) is 7.40. The Labute approximate surface area is 97.5 Å². The Hall–Kier alpha value is 0.270. The van der Waals surface area contributed by atoms with Crippen LogP contribution in [0.15, 0.2) is 0 Å². The van der Waals surface area contributed by atoms with Crippen molar-refractivity contribution < 1.29 is 4.74 Å². The normalized spacial score (nSPS) is 37.0. The lowest BCUT2D eigenvalue weighted by Gasteiger charge is -2.33. The van der Waals surface area contributed by atoms with Crippen LogP contribution in [0, 0.1) is 0 Å². The third kappa shape index (κ3) is 3.36. The summed E-state index contributed by atoms with van der Waals surface area (Å²) >= 11 is 2.14. The van der Waals surface area contributed by atoms with Gasteiger partial charge in [0.15, 0.2) is 0 Å². The minimum absolute atomic E-state index is 0.632. The van der Waals surface area contributed by atoms with Crippen molar-refractivity contribution in [3.05, 3.63) is 0 Å². The van der Waals surface area contributed by atoms with Crippen LogP contribution in [0.2, 0.25) is 0 Å². The lowest BCUT2D eigenvalue weighted by Crippen LogP contribution is -2.46. The quantitative estimate of drug-likeness (QED) is 0.800. The third-order valence-electron chi connectivity index (χ3n) is 3.46. The molecule has 2 rings (SSSR count). The van der Waals surface area contributed by atoms with E-state index in [0.717, 1.165) is 24.5 Å². The zero-order valence-electron chi connectivity index (χ0n) is 9.71. The second kappa shape index (κ2) is 6.12. The molecule has 0 spiro atoms. The predicted octanol–water partition coefficient (Wildman–Crippen LogP) is 2.43. The Kier molecular flexibility index (Phi) is 4.79. The SMILES string of the molecule is CCSC1CCCCC1NC1CCOC1. The molecule has 3 unspecified atom stereocenters. The van der Waals surface area contributed by atoms with E-state index in [1.807, 2.05) is 0 Å². The number of nitrogens with one attached hydrogen (secondary N) is 1. The monoisotopic (exact) mass is 229 g/mol. The highest BCUT2D eigenvalue weighted by molar-refractivity contribution is 7.99. The summed E-state index contributed by atoms with van der Waals surface area (Å²) in [6, 6.07) is 1.38. The molecule has 1 aliphatic carbocycles. The summed E-state index contributed by atoms with van der Waals surface area (Å²) in [5.74, 6) is 1.25. The van der Waals surface area contributed by atoms with E-state index in [2.05, 4.69) is 24.0 Å². The van der Waals surface area contributed by atoms with E-state index in [9.17, 15) is 0 Å². The van der Waals surface area contributed by atoms with Crippen LogP contribution in [0.5, 0.6) is 0 Å². The molecule has 1 saturated heterocycles. The van der Waals surface area contributed by atoms with Crippen molar-refractivity contribution >= 4 is 11.8 Å². The Morgan fingerprint density at radius 3 is 2.87 bits per heavy atom. The van der Waals surface area contributed by atoms with Gasteiger partial charge in [0.1, 0.15) is 0 Å². The topological polar surface area (TPSA) is 21.3 Å². The Balaban J connectivity index is 1.80. The van der Waals surface area contributed by atoms with Gasteiger partial charge in [-0.25, -0.2) is 0 Å².